The number of ether oxygens (including phenoxy) is 2. The van der Waals surface area contributed by atoms with Gasteiger partial charge in [0.2, 0.25) is 6.79 Å². The summed E-state index contributed by atoms with van der Waals surface area (Å²) in [6, 6.07) is 3.71. The van der Waals surface area contributed by atoms with Crippen molar-refractivity contribution in [1.29, 1.82) is 0 Å². The lowest BCUT2D eigenvalue weighted by molar-refractivity contribution is 0.0608. The molecule has 1 amide bonds. The van der Waals surface area contributed by atoms with Crippen molar-refractivity contribution in [3.8, 4) is 11.5 Å². The van der Waals surface area contributed by atoms with E-state index in [0.29, 0.717) is 28.8 Å². The molecule has 2 heterocycles. The lowest BCUT2D eigenvalue weighted by Gasteiger charge is -2.35. The van der Waals surface area contributed by atoms with E-state index in [1.165, 1.54) is 6.42 Å². The van der Waals surface area contributed by atoms with Gasteiger partial charge in [-0.2, -0.15) is 0 Å². The number of amides is 1. The minimum absolute atomic E-state index is 0.00681. The third kappa shape index (κ3) is 2.17. The van der Waals surface area contributed by atoms with Crippen LogP contribution >= 0.6 is 0 Å². The number of benzene rings is 1. The van der Waals surface area contributed by atoms with Crippen molar-refractivity contribution in [2.75, 3.05) is 19.1 Å². The second-order valence-electron chi connectivity index (χ2n) is 5.35. The maximum Gasteiger partial charge on any atom is 0.256 e. The highest BCUT2D eigenvalue weighted by Crippen LogP contribution is 2.37. The van der Waals surface area contributed by atoms with E-state index in [4.69, 9.17) is 15.2 Å². The van der Waals surface area contributed by atoms with Gasteiger partial charge >= 0.3 is 0 Å². The van der Waals surface area contributed by atoms with E-state index in [1.807, 2.05) is 4.90 Å². The van der Waals surface area contributed by atoms with Crippen LogP contribution in [0.2, 0.25) is 0 Å². The topological polar surface area (TPSA) is 64.8 Å². The number of anilines is 1. The molecule has 0 spiro atoms. The lowest BCUT2D eigenvalue weighted by atomic mass is 9.98. The molecule has 2 N–H and O–H groups in total. The van der Waals surface area contributed by atoms with E-state index in [9.17, 15) is 4.79 Å². The summed E-state index contributed by atoms with van der Waals surface area (Å²) in [6.45, 7) is 3.12. The van der Waals surface area contributed by atoms with Crippen molar-refractivity contribution < 1.29 is 14.3 Å². The summed E-state index contributed by atoms with van der Waals surface area (Å²) in [6.07, 6.45) is 4.31. The molecule has 1 aromatic carbocycles. The van der Waals surface area contributed by atoms with Crippen LogP contribution in [0.1, 0.15) is 43.0 Å². The molecule has 20 heavy (non-hydrogen) atoms. The maximum atomic E-state index is 12.7. The van der Waals surface area contributed by atoms with E-state index in [2.05, 4.69) is 6.92 Å². The van der Waals surface area contributed by atoms with Gasteiger partial charge < -0.3 is 20.1 Å². The lowest BCUT2D eigenvalue weighted by Crippen LogP contribution is -2.43. The summed E-state index contributed by atoms with van der Waals surface area (Å²) in [5.41, 5.74) is 6.99. The summed E-state index contributed by atoms with van der Waals surface area (Å²) in [5.74, 6) is 1.23. The molecule has 1 unspecified atom stereocenters. The number of nitrogens with two attached hydrogens (primary N) is 1. The van der Waals surface area contributed by atoms with Crippen LogP contribution in [-0.4, -0.2) is 30.2 Å². The van der Waals surface area contributed by atoms with Crippen molar-refractivity contribution in [1.82, 2.24) is 4.90 Å². The summed E-state index contributed by atoms with van der Waals surface area (Å²) in [5, 5.41) is 0. The molecular formula is C15H20N2O3. The standard InChI is InChI=1S/C15H20N2O3/c1-2-10-5-3-4-6-17(10)15(18)11-7-13-14(8-12(11)16)20-9-19-13/h7-8,10H,2-6,9,16H2,1H3. The average molecular weight is 276 g/mol. The fraction of sp³-hybridized carbons (Fsp3) is 0.533. The van der Waals surface area contributed by atoms with E-state index in [-0.39, 0.29) is 12.7 Å². The van der Waals surface area contributed by atoms with Gasteiger partial charge in [0.25, 0.3) is 5.91 Å². The second kappa shape index (κ2) is 5.23. The number of hydrogen-bond acceptors (Lipinski definition) is 4. The van der Waals surface area contributed by atoms with Crippen molar-refractivity contribution in [3.05, 3.63) is 17.7 Å². The fourth-order valence-electron chi connectivity index (χ4n) is 2.99. The predicted octanol–water partition coefficient (Wildman–Crippen LogP) is 2.40. The van der Waals surface area contributed by atoms with Crippen LogP contribution in [0.4, 0.5) is 5.69 Å². The summed E-state index contributed by atoms with van der Waals surface area (Å²) < 4.78 is 10.6. The number of fused-ring (bicyclic) bond motifs is 1. The van der Waals surface area contributed by atoms with Gasteiger partial charge in [0.15, 0.2) is 11.5 Å². The van der Waals surface area contributed by atoms with Gasteiger partial charge in [-0.15, -0.1) is 0 Å². The van der Waals surface area contributed by atoms with Crippen molar-refractivity contribution >= 4 is 11.6 Å². The summed E-state index contributed by atoms with van der Waals surface area (Å²) in [7, 11) is 0. The van der Waals surface area contributed by atoms with Crippen LogP contribution in [0.5, 0.6) is 11.5 Å². The third-order valence-corrected chi connectivity index (χ3v) is 4.13. The Balaban J connectivity index is 1.90. The quantitative estimate of drug-likeness (QED) is 0.842. The number of likely N-dealkylation sites (tertiary alicyclic amines) is 1. The second-order valence-corrected chi connectivity index (χ2v) is 5.35. The molecule has 0 bridgehead atoms. The van der Waals surface area contributed by atoms with Crippen molar-refractivity contribution in [2.45, 2.75) is 38.6 Å². The average Bonchev–Trinajstić information content (AvgIpc) is 2.92. The molecule has 3 rings (SSSR count). The largest absolute Gasteiger partial charge is 0.454 e. The molecule has 0 radical (unpaired) electrons. The number of carbonyl (C=O) groups excluding carboxylic acids is 1. The highest BCUT2D eigenvalue weighted by atomic mass is 16.7. The minimum atomic E-state index is 0.00681. The molecule has 1 atom stereocenters. The first-order valence-electron chi connectivity index (χ1n) is 7.20. The Kier molecular flexibility index (Phi) is 3.42. The molecule has 0 aromatic heterocycles. The summed E-state index contributed by atoms with van der Waals surface area (Å²) >= 11 is 0. The van der Waals surface area contributed by atoms with Crippen LogP contribution in [-0.2, 0) is 0 Å². The zero-order chi connectivity index (χ0) is 14.1. The molecule has 1 saturated heterocycles. The Labute approximate surface area is 118 Å². The van der Waals surface area contributed by atoms with Crippen LogP contribution in [0, 0.1) is 0 Å². The molecule has 0 aliphatic carbocycles. The number of rotatable bonds is 2. The molecule has 5 heteroatoms. The SMILES string of the molecule is CCC1CCCCN1C(=O)c1cc2c(cc1N)OCO2. The van der Waals surface area contributed by atoms with Gasteiger partial charge in [0, 0.05) is 24.3 Å². The van der Waals surface area contributed by atoms with Gasteiger partial charge in [0.1, 0.15) is 0 Å². The maximum absolute atomic E-state index is 12.7. The Hall–Kier alpha value is -1.91. The number of nitrogen functional groups attached to an aromatic ring is 1. The molecular weight excluding hydrogens is 256 g/mol. The molecule has 2 aliphatic rings. The highest BCUT2D eigenvalue weighted by molar-refractivity contribution is 6.00. The van der Waals surface area contributed by atoms with Crippen LogP contribution in [0.3, 0.4) is 0 Å². The van der Waals surface area contributed by atoms with E-state index in [1.54, 1.807) is 12.1 Å². The van der Waals surface area contributed by atoms with E-state index < -0.39 is 0 Å². The summed E-state index contributed by atoms with van der Waals surface area (Å²) in [4.78, 5) is 14.7. The highest BCUT2D eigenvalue weighted by Gasteiger charge is 2.29. The molecule has 108 valence electrons. The predicted molar refractivity (Wildman–Crippen MR) is 75.9 cm³/mol. The Morgan fingerprint density at radius 1 is 1.35 bits per heavy atom. The van der Waals surface area contributed by atoms with Crippen LogP contribution < -0.4 is 15.2 Å². The monoisotopic (exact) mass is 276 g/mol. The number of piperidine rings is 1. The molecule has 5 nitrogen and oxygen atoms in total. The van der Waals surface area contributed by atoms with Crippen LogP contribution in [0.15, 0.2) is 12.1 Å². The Morgan fingerprint density at radius 3 is 2.85 bits per heavy atom. The van der Waals surface area contributed by atoms with Crippen molar-refractivity contribution in [3.63, 3.8) is 0 Å². The number of hydrogen-bond donors (Lipinski definition) is 1. The van der Waals surface area contributed by atoms with Gasteiger partial charge in [-0.3, -0.25) is 4.79 Å². The molecule has 2 aliphatic heterocycles. The first kappa shape index (κ1) is 13.1. The van der Waals surface area contributed by atoms with Gasteiger partial charge in [0.05, 0.1) is 5.56 Å². The zero-order valence-electron chi connectivity index (χ0n) is 11.7. The van der Waals surface area contributed by atoms with E-state index >= 15 is 0 Å². The van der Waals surface area contributed by atoms with Gasteiger partial charge in [-0.25, -0.2) is 0 Å². The normalized spacial score (nSPS) is 21.1. The minimum Gasteiger partial charge on any atom is -0.454 e. The smallest absolute Gasteiger partial charge is 0.256 e. The molecule has 0 saturated carbocycles. The fourth-order valence-corrected chi connectivity index (χ4v) is 2.99. The first-order valence-corrected chi connectivity index (χ1v) is 7.20. The first-order chi connectivity index (χ1) is 9.70. The van der Waals surface area contributed by atoms with Crippen molar-refractivity contribution in [2.24, 2.45) is 0 Å². The van der Waals surface area contributed by atoms with Gasteiger partial charge in [-0.1, -0.05) is 6.92 Å². The van der Waals surface area contributed by atoms with Gasteiger partial charge in [-0.05, 0) is 31.7 Å². The zero-order valence-corrected chi connectivity index (χ0v) is 11.7. The number of carbonyl (C=O) groups is 1. The third-order valence-electron chi connectivity index (χ3n) is 4.13. The molecule has 1 aromatic rings. The Bertz CT molecular complexity index is 530. The Morgan fingerprint density at radius 2 is 2.10 bits per heavy atom. The van der Waals surface area contributed by atoms with Crippen LogP contribution in [0.25, 0.3) is 0 Å². The van der Waals surface area contributed by atoms with E-state index in [0.717, 1.165) is 25.8 Å². The number of nitrogens with zero attached hydrogens (tertiary/aromatic N) is 1. The molecule has 1 fully saturated rings.